The SMILES string of the molecule is COc1cc(NI)c2c(c1)N(C)c1ccccc1C2. The summed E-state index contributed by atoms with van der Waals surface area (Å²) in [4.78, 5) is 2.23. The molecule has 1 aliphatic heterocycles. The minimum atomic E-state index is 0.879. The second-order valence-electron chi connectivity index (χ2n) is 4.63. The number of fused-ring (bicyclic) bond motifs is 2. The number of anilines is 3. The molecule has 0 saturated carbocycles. The highest BCUT2D eigenvalue weighted by molar-refractivity contribution is 14.1. The lowest BCUT2D eigenvalue weighted by Gasteiger charge is -2.31. The van der Waals surface area contributed by atoms with E-state index in [9.17, 15) is 0 Å². The average molecular weight is 366 g/mol. The number of nitrogens with zero attached hydrogens (tertiary/aromatic N) is 1. The van der Waals surface area contributed by atoms with Crippen molar-refractivity contribution in [3.05, 3.63) is 47.5 Å². The van der Waals surface area contributed by atoms with Crippen molar-refractivity contribution >= 4 is 39.9 Å². The lowest BCUT2D eigenvalue weighted by atomic mass is 9.94. The number of halogens is 1. The Bertz CT molecular complexity index is 628. The van der Waals surface area contributed by atoms with Gasteiger partial charge in [-0.1, -0.05) is 18.2 Å². The molecule has 2 aromatic carbocycles. The van der Waals surface area contributed by atoms with Crippen molar-refractivity contribution in [2.24, 2.45) is 0 Å². The van der Waals surface area contributed by atoms with Crippen LogP contribution in [-0.4, -0.2) is 14.2 Å². The first-order valence-electron chi connectivity index (χ1n) is 6.13. The molecule has 0 aliphatic carbocycles. The van der Waals surface area contributed by atoms with Gasteiger partial charge in [-0.15, -0.1) is 0 Å². The lowest BCUT2D eigenvalue weighted by Crippen LogP contribution is -2.19. The molecule has 0 bridgehead atoms. The van der Waals surface area contributed by atoms with Crippen LogP contribution in [0, 0.1) is 0 Å². The van der Waals surface area contributed by atoms with Gasteiger partial charge in [-0.2, -0.15) is 0 Å². The Morgan fingerprint density at radius 1 is 1.21 bits per heavy atom. The fourth-order valence-corrected chi connectivity index (χ4v) is 3.11. The van der Waals surface area contributed by atoms with E-state index in [2.05, 4.69) is 68.7 Å². The number of para-hydroxylation sites is 1. The van der Waals surface area contributed by atoms with Crippen molar-refractivity contribution in [2.45, 2.75) is 6.42 Å². The van der Waals surface area contributed by atoms with E-state index >= 15 is 0 Å². The second kappa shape index (κ2) is 4.92. The monoisotopic (exact) mass is 366 g/mol. The average Bonchev–Trinajstić information content (AvgIpc) is 2.47. The van der Waals surface area contributed by atoms with E-state index in [4.69, 9.17) is 4.74 Å². The van der Waals surface area contributed by atoms with Crippen LogP contribution in [-0.2, 0) is 6.42 Å². The molecule has 0 atom stereocenters. The summed E-state index contributed by atoms with van der Waals surface area (Å²) in [6, 6.07) is 12.7. The first-order valence-corrected chi connectivity index (χ1v) is 7.21. The normalized spacial score (nSPS) is 12.7. The van der Waals surface area contributed by atoms with Gasteiger partial charge in [-0.3, -0.25) is 0 Å². The molecule has 0 unspecified atom stereocenters. The van der Waals surface area contributed by atoms with Gasteiger partial charge in [0.25, 0.3) is 0 Å². The van der Waals surface area contributed by atoms with Crippen LogP contribution in [0.5, 0.6) is 5.75 Å². The molecule has 1 aliphatic rings. The molecule has 2 aromatic rings. The van der Waals surface area contributed by atoms with Crippen LogP contribution in [0.2, 0.25) is 0 Å². The molecule has 0 radical (unpaired) electrons. The zero-order valence-corrected chi connectivity index (χ0v) is 13.1. The molecule has 0 spiro atoms. The van der Waals surface area contributed by atoms with Crippen molar-refractivity contribution in [1.29, 1.82) is 0 Å². The third kappa shape index (κ3) is 2.04. The Balaban J connectivity index is 2.19. The quantitative estimate of drug-likeness (QED) is 0.639. The number of benzene rings is 2. The van der Waals surface area contributed by atoms with Gasteiger partial charge in [0.15, 0.2) is 0 Å². The van der Waals surface area contributed by atoms with Gasteiger partial charge in [0.05, 0.1) is 41.3 Å². The molecule has 3 rings (SSSR count). The first-order chi connectivity index (χ1) is 9.24. The molecule has 98 valence electrons. The number of ether oxygens (including phenoxy) is 1. The van der Waals surface area contributed by atoms with Gasteiger partial charge in [0.2, 0.25) is 0 Å². The zero-order chi connectivity index (χ0) is 13.4. The summed E-state index contributed by atoms with van der Waals surface area (Å²) in [7, 11) is 3.81. The Hall–Kier alpha value is -1.43. The number of rotatable bonds is 2. The van der Waals surface area contributed by atoms with E-state index in [1.165, 1.54) is 22.5 Å². The largest absolute Gasteiger partial charge is 0.497 e. The van der Waals surface area contributed by atoms with Gasteiger partial charge in [-0.05, 0) is 11.6 Å². The highest BCUT2D eigenvalue weighted by Gasteiger charge is 2.22. The maximum absolute atomic E-state index is 5.39. The Labute approximate surface area is 127 Å². The van der Waals surface area contributed by atoms with Crippen molar-refractivity contribution in [1.82, 2.24) is 0 Å². The number of methoxy groups -OCH3 is 1. The standard InChI is InChI=1S/C15H15IN2O/c1-18-14-6-4-3-5-10(14)7-12-13(17-16)8-11(19-2)9-15(12)18/h3-6,8-9,17H,7H2,1-2H3. The molecule has 0 amide bonds. The van der Waals surface area contributed by atoms with Crippen LogP contribution in [0.4, 0.5) is 17.1 Å². The van der Waals surface area contributed by atoms with Crippen molar-refractivity contribution in [3.8, 4) is 5.75 Å². The summed E-state index contributed by atoms with van der Waals surface area (Å²) < 4.78 is 8.63. The highest BCUT2D eigenvalue weighted by atomic mass is 127. The molecule has 1 heterocycles. The molecular formula is C15H15IN2O. The van der Waals surface area contributed by atoms with E-state index < -0.39 is 0 Å². The molecular weight excluding hydrogens is 351 g/mol. The molecule has 0 fully saturated rings. The number of hydrogen-bond acceptors (Lipinski definition) is 3. The summed E-state index contributed by atoms with van der Waals surface area (Å²) in [6.07, 6.45) is 0.950. The van der Waals surface area contributed by atoms with Crippen molar-refractivity contribution in [3.63, 3.8) is 0 Å². The van der Waals surface area contributed by atoms with Crippen LogP contribution in [0.3, 0.4) is 0 Å². The number of nitrogens with one attached hydrogen (secondary N) is 1. The third-order valence-electron chi connectivity index (χ3n) is 3.62. The minimum absolute atomic E-state index is 0.879. The maximum Gasteiger partial charge on any atom is 0.123 e. The first kappa shape index (κ1) is 12.6. The molecule has 4 heteroatoms. The van der Waals surface area contributed by atoms with E-state index in [-0.39, 0.29) is 0 Å². The summed E-state index contributed by atoms with van der Waals surface area (Å²) in [5.41, 5.74) is 6.27. The smallest absolute Gasteiger partial charge is 0.123 e. The molecule has 3 nitrogen and oxygen atoms in total. The van der Waals surface area contributed by atoms with E-state index in [1.54, 1.807) is 7.11 Å². The maximum atomic E-state index is 5.39. The second-order valence-corrected chi connectivity index (χ2v) is 5.17. The predicted molar refractivity (Wildman–Crippen MR) is 87.9 cm³/mol. The summed E-state index contributed by atoms with van der Waals surface area (Å²) in [6.45, 7) is 0. The van der Waals surface area contributed by atoms with Crippen LogP contribution >= 0.6 is 22.9 Å². The third-order valence-corrected chi connectivity index (χ3v) is 4.20. The fraction of sp³-hybridized carbons (Fsp3) is 0.200. The number of hydrogen-bond donors (Lipinski definition) is 1. The van der Waals surface area contributed by atoms with Crippen LogP contribution in [0.1, 0.15) is 11.1 Å². The minimum Gasteiger partial charge on any atom is -0.497 e. The lowest BCUT2D eigenvalue weighted by molar-refractivity contribution is 0.415. The summed E-state index contributed by atoms with van der Waals surface area (Å²) in [5, 5.41) is 0. The van der Waals surface area contributed by atoms with Gasteiger partial charge >= 0.3 is 0 Å². The Morgan fingerprint density at radius 2 is 2.00 bits per heavy atom. The molecule has 0 saturated heterocycles. The molecule has 19 heavy (non-hydrogen) atoms. The van der Waals surface area contributed by atoms with E-state index in [0.717, 1.165) is 17.9 Å². The predicted octanol–water partition coefficient (Wildman–Crippen LogP) is 4.13. The van der Waals surface area contributed by atoms with Crippen LogP contribution in [0.15, 0.2) is 36.4 Å². The van der Waals surface area contributed by atoms with Crippen LogP contribution < -0.4 is 13.2 Å². The van der Waals surface area contributed by atoms with Gasteiger partial charge in [-0.25, -0.2) is 0 Å². The van der Waals surface area contributed by atoms with Crippen molar-refractivity contribution < 1.29 is 4.74 Å². The van der Waals surface area contributed by atoms with Crippen LogP contribution in [0.25, 0.3) is 0 Å². The summed E-state index contributed by atoms with van der Waals surface area (Å²) >= 11 is 2.18. The van der Waals surface area contributed by atoms with Gasteiger partial charge in [0, 0.05) is 36.9 Å². The molecule has 0 aromatic heterocycles. The molecule has 1 N–H and O–H groups in total. The van der Waals surface area contributed by atoms with E-state index in [0.29, 0.717) is 0 Å². The Kier molecular flexibility index (Phi) is 3.26. The fourth-order valence-electron chi connectivity index (χ4n) is 2.63. The van der Waals surface area contributed by atoms with Crippen molar-refractivity contribution in [2.75, 3.05) is 22.6 Å². The highest BCUT2D eigenvalue weighted by Crippen LogP contribution is 2.43. The Morgan fingerprint density at radius 3 is 2.74 bits per heavy atom. The summed E-state index contributed by atoms with van der Waals surface area (Å²) in [5.74, 6) is 0.879. The van der Waals surface area contributed by atoms with Gasteiger partial charge < -0.3 is 13.2 Å². The topological polar surface area (TPSA) is 24.5 Å². The zero-order valence-electron chi connectivity index (χ0n) is 10.9. The van der Waals surface area contributed by atoms with Gasteiger partial charge in [0.1, 0.15) is 5.75 Å². The van der Waals surface area contributed by atoms with E-state index in [1.807, 2.05) is 6.07 Å².